The number of rotatable bonds is 3. The van der Waals surface area contributed by atoms with Crippen LogP contribution in [0.15, 0.2) is 23.7 Å². The normalized spacial score (nSPS) is 11.2. The Labute approximate surface area is 121 Å². The Morgan fingerprint density at radius 2 is 2.10 bits per heavy atom. The highest BCUT2D eigenvalue weighted by Crippen LogP contribution is 2.39. The van der Waals surface area contributed by atoms with Crippen LogP contribution in [0.25, 0.3) is 21.7 Å². The largest absolute Gasteiger partial charge is 0.383 e. The van der Waals surface area contributed by atoms with Gasteiger partial charge in [0.2, 0.25) is 0 Å². The average Bonchev–Trinajstić information content (AvgIpc) is 3.11. The summed E-state index contributed by atoms with van der Waals surface area (Å²) >= 11 is 1.67. The van der Waals surface area contributed by atoms with Crippen molar-refractivity contribution in [2.75, 3.05) is 5.73 Å². The molecular weight excluding hydrogens is 270 g/mol. The lowest BCUT2D eigenvalue weighted by Gasteiger charge is -2.01. The molecule has 0 aliphatic carbocycles. The van der Waals surface area contributed by atoms with Crippen LogP contribution in [0.1, 0.15) is 12.6 Å². The molecule has 6 heteroatoms. The zero-order valence-corrected chi connectivity index (χ0v) is 12.6. The minimum absolute atomic E-state index is 0.688. The number of nitrogen functional groups attached to an aromatic ring is 1. The molecule has 0 aromatic carbocycles. The predicted octanol–water partition coefficient (Wildman–Crippen LogP) is 2.69. The van der Waals surface area contributed by atoms with E-state index in [0.717, 1.165) is 33.8 Å². The van der Waals surface area contributed by atoms with E-state index in [4.69, 9.17) is 5.73 Å². The Balaban J connectivity index is 2.26. The molecule has 20 heavy (non-hydrogen) atoms. The van der Waals surface area contributed by atoms with Crippen LogP contribution < -0.4 is 5.73 Å². The number of nitrogens with two attached hydrogens (primary N) is 1. The van der Waals surface area contributed by atoms with Crippen molar-refractivity contribution in [1.82, 2.24) is 19.6 Å². The van der Waals surface area contributed by atoms with Gasteiger partial charge in [0.1, 0.15) is 11.5 Å². The van der Waals surface area contributed by atoms with Crippen LogP contribution in [-0.2, 0) is 20.5 Å². The van der Waals surface area contributed by atoms with Gasteiger partial charge in [0.05, 0.1) is 11.3 Å². The number of nitrogens with zero attached hydrogens (tertiary/aromatic N) is 4. The highest BCUT2D eigenvalue weighted by molar-refractivity contribution is 7.13. The molecule has 0 amide bonds. The van der Waals surface area contributed by atoms with E-state index in [1.54, 1.807) is 16.0 Å². The molecule has 5 nitrogen and oxygen atoms in total. The van der Waals surface area contributed by atoms with Gasteiger partial charge in [-0.05, 0) is 17.9 Å². The third-order valence-electron chi connectivity index (χ3n) is 3.35. The number of hydrogen-bond acceptors (Lipinski definition) is 4. The van der Waals surface area contributed by atoms with E-state index < -0.39 is 0 Å². The first-order chi connectivity index (χ1) is 9.61. The molecule has 0 saturated heterocycles. The maximum Gasteiger partial charge on any atom is 0.130 e. The molecule has 3 aromatic heterocycles. The van der Waals surface area contributed by atoms with Crippen molar-refractivity contribution in [2.45, 2.75) is 13.3 Å². The second-order valence-electron chi connectivity index (χ2n) is 4.73. The quantitative estimate of drug-likeness (QED) is 0.805. The zero-order valence-electron chi connectivity index (χ0n) is 11.8. The van der Waals surface area contributed by atoms with Gasteiger partial charge in [-0.1, -0.05) is 13.0 Å². The standard InChI is InChI=1S/C14H17N5S/c1-4-10-9(8-18(2)16-10)13-12(11-6-5-7-20-11)14(15)19(3)17-13/h5-8H,4,15H2,1-3H3. The Kier molecular flexibility index (Phi) is 3.10. The van der Waals surface area contributed by atoms with E-state index in [9.17, 15) is 0 Å². The second-order valence-corrected chi connectivity index (χ2v) is 5.67. The monoisotopic (exact) mass is 287 g/mol. The van der Waals surface area contributed by atoms with E-state index in [1.165, 1.54) is 0 Å². The molecule has 0 aliphatic heterocycles. The summed E-state index contributed by atoms with van der Waals surface area (Å²) in [6, 6.07) is 4.10. The first kappa shape index (κ1) is 12.9. The summed E-state index contributed by atoms with van der Waals surface area (Å²) in [5, 5.41) is 11.2. The van der Waals surface area contributed by atoms with Gasteiger partial charge in [0.25, 0.3) is 0 Å². The molecule has 0 spiro atoms. The molecule has 104 valence electrons. The van der Waals surface area contributed by atoms with Crippen LogP contribution in [-0.4, -0.2) is 19.6 Å². The summed E-state index contributed by atoms with van der Waals surface area (Å²) in [5.41, 5.74) is 10.2. The fourth-order valence-corrected chi connectivity index (χ4v) is 3.16. The van der Waals surface area contributed by atoms with E-state index in [0.29, 0.717) is 5.82 Å². The van der Waals surface area contributed by atoms with Crippen molar-refractivity contribution in [3.05, 3.63) is 29.4 Å². The summed E-state index contributed by atoms with van der Waals surface area (Å²) in [6.07, 6.45) is 2.88. The number of thiophene rings is 1. The second kappa shape index (κ2) is 4.79. The Hall–Kier alpha value is -2.08. The fraction of sp³-hybridized carbons (Fsp3) is 0.286. The molecule has 3 rings (SSSR count). The van der Waals surface area contributed by atoms with Crippen LogP contribution in [0, 0.1) is 0 Å². The zero-order chi connectivity index (χ0) is 14.3. The highest BCUT2D eigenvalue weighted by atomic mass is 32.1. The summed E-state index contributed by atoms with van der Waals surface area (Å²) in [7, 11) is 3.80. The number of aryl methyl sites for hydroxylation is 3. The van der Waals surface area contributed by atoms with Crippen LogP contribution in [0.5, 0.6) is 0 Å². The fourth-order valence-electron chi connectivity index (χ4n) is 2.38. The molecule has 0 bridgehead atoms. The number of hydrogen-bond donors (Lipinski definition) is 1. The van der Waals surface area contributed by atoms with Crippen molar-refractivity contribution in [1.29, 1.82) is 0 Å². The molecule has 0 fully saturated rings. The van der Waals surface area contributed by atoms with Gasteiger partial charge in [-0.25, -0.2) is 0 Å². The molecule has 0 atom stereocenters. The van der Waals surface area contributed by atoms with Gasteiger partial charge in [-0.15, -0.1) is 11.3 Å². The van der Waals surface area contributed by atoms with Crippen molar-refractivity contribution < 1.29 is 0 Å². The van der Waals surface area contributed by atoms with Gasteiger partial charge in [0.15, 0.2) is 0 Å². The van der Waals surface area contributed by atoms with Crippen LogP contribution in [0.2, 0.25) is 0 Å². The van der Waals surface area contributed by atoms with Gasteiger partial charge in [0, 0.05) is 30.7 Å². The summed E-state index contributed by atoms with van der Waals surface area (Å²) in [5.74, 6) is 0.688. The smallest absolute Gasteiger partial charge is 0.130 e. The highest BCUT2D eigenvalue weighted by Gasteiger charge is 2.21. The summed E-state index contributed by atoms with van der Waals surface area (Å²) < 4.78 is 3.56. The van der Waals surface area contributed by atoms with E-state index in [2.05, 4.69) is 28.6 Å². The Morgan fingerprint density at radius 1 is 1.30 bits per heavy atom. The van der Waals surface area contributed by atoms with Gasteiger partial charge in [-0.2, -0.15) is 10.2 Å². The molecule has 0 radical (unpaired) electrons. The Bertz CT molecular complexity index is 736. The summed E-state index contributed by atoms with van der Waals surface area (Å²) in [6.45, 7) is 2.10. The maximum absolute atomic E-state index is 6.21. The van der Waals surface area contributed by atoms with E-state index in [1.807, 2.05) is 31.0 Å². The van der Waals surface area contributed by atoms with Crippen LogP contribution >= 0.6 is 11.3 Å². The molecule has 3 aromatic rings. The van der Waals surface area contributed by atoms with Crippen molar-refractivity contribution >= 4 is 17.2 Å². The van der Waals surface area contributed by atoms with Gasteiger partial charge >= 0.3 is 0 Å². The molecule has 2 N–H and O–H groups in total. The topological polar surface area (TPSA) is 61.7 Å². The molecule has 0 unspecified atom stereocenters. The van der Waals surface area contributed by atoms with Gasteiger partial charge < -0.3 is 5.73 Å². The first-order valence-electron chi connectivity index (χ1n) is 6.51. The lowest BCUT2D eigenvalue weighted by atomic mass is 10.1. The minimum Gasteiger partial charge on any atom is -0.383 e. The molecule has 3 heterocycles. The van der Waals surface area contributed by atoms with Crippen LogP contribution in [0.4, 0.5) is 5.82 Å². The SMILES string of the molecule is CCc1nn(C)cc1-c1nn(C)c(N)c1-c1cccs1. The molecular formula is C14H17N5S. The maximum atomic E-state index is 6.21. The van der Waals surface area contributed by atoms with Crippen molar-refractivity contribution in [3.63, 3.8) is 0 Å². The lowest BCUT2D eigenvalue weighted by Crippen LogP contribution is -1.97. The van der Waals surface area contributed by atoms with E-state index >= 15 is 0 Å². The first-order valence-corrected chi connectivity index (χ1v) is 7.39. The van der Waals surface area contributed by atoms with Crippen molar-refractivity contribution in [3.8, 4) is 21.7 Å². The van der Waals surface area contributed by atoms with E-state index in [-0.39, 0.29) is 0 Å². The van der Waals surface area contributed by atoms with Crippen LogP contribution in [0.3, 0.4) is 0 Å². The van der Waals surface area contributed by atoms with Crippen molar-refractivity contribution in [2.24, 2.45) is 14.1 Å². The Morgan fingerprint density at radius 3 is 2.75 bits per heavy atom. The predicted molar refractivity (Wildman–Crippen MR) is 82.5 cm³/mol. The average molecular weight is 287 g/mol. The third-order valence-corrected chi connectivity index (χ3v) is 4.24. The molecule has 0 saturated carbocycles. The third kappa shape index (κ3) is 1.92. The molecule has 0 aliphatic rings. The summed E-state index contributed by atoms with van der Waals surface area (Å²) in [4.78, 5) is 1.14. The number of anilines is 1. The lowest BCUT2D eigenvalue weighted by molar-refractivity contribution is 0.746. The number of aromatic nitrogens is 4. The van der Waals surface area contributed by atoms with Gasteiger partial charge in [-0.3, -0.25) is 9.36 Å². The minimum atomic E-state index is 0.688.